The fourth-order valence-electron chi connectivity index (χ4n) is 1.67. The summed E-state index contributed by atoms with van der Waals surface area (Å²) in [6.07, 6.45) is 0.525. The molecular weight excluding hydrogens is 242 g/mol. The Bertz CT molecular complexity index is 389. The lowest BCUT2D eigenvalue weighted by molar-refractivity contribution is -0.127. The molecule has 1 aromatic carbocycles. The van der Waals surface area contributed by atoms with E-state index in [9.17, 15) is 9.90 Å². The SMILES string of the molecule is CCCC(O)CNC(=O)C(C)Oc1ccc(C)cc1. The summed E-state index contributed by atoms with van der Waals surface area (Å²) in [6, 6.07) is 7.55. The molecular formula is C15H23NO3. The van der Waals surface area contributed by atoms with Crippen LogP contribution in [0.3, 0.4) is 0 Å². The standard InChI is InChI=1S/C15H23NO3/c1-4-5-13(17)10-16-15(18)12(3)19-14-8-6-11(2)7-9-14/h6-9,12-13,17H,4-5,10H2,1-3H3,(H,16,18). The molecule has 0 radical (unpaired) electrons. The van der Waals surface area contributed by atoms with Crippen LogP contribution < -0.4 is 10.1 Å². The molecule has 0 aliphatic carbocycles. The molecule has 0 aliphatic heterocycles. The van der Waals surface area contributed by atoms with Crippen molar-refractivity contribution in [2.75, 3.05) is 6.54 Å². The minimum atomic E-state index is -0.573. The van der Waals surface area contributed by atoms with Crippen LogP contribution in [0.15, 0.2) is 24.3 Å². The Morgan fingerprint density at radius 2 is 2.00 bits per heavy atom. The number of nitrogens with one attached hydrogen (secondary N) is 1. The van der Waals surface area contributed by atoms with Crippen molar-refractivity contribution in [1.82, 2.24) is 5.32 Å². The molecule has 4 heteroatoms. The predicted octanol–water partition coefficient (Wildman–Crippen LogP) is 2.04. The van der Waals surface area contributed by atoms with E-state index in [1.54, 1.807) is 6.92 Å². The molecule has 4 nitrogen and oxygen atoms in total. The van der Waals surface area contributed by atoms with Gasteiger partial charge in [-0.3, -0.25) is 4.79 Å². The van der Waals surface area contributed by atoms with Gasteiger partial charge >= 0.3 is 0 Å². The fourth-order valence-corrected chi connectivity index (χ4v) is 1.67. The second-order valence-electron chi connectivity index (χ2n) is 4.76. The van der Waals surface area contributed by atoms with Crippen molar-refractivity contribution in [2.45, 2.75) is 45.8 Å². The van der Waals surface area contributed by atoms with Gasteiger partial charge in [-0.25, -0.2) is 0 Å². The molecule has 2 atom stereocenters. The van der Waals surface area contributed by atoms with E-state index >= 15 is 0 Å². The van der Waals surface area contributed by atoms with E-state index < -0.39 is 12.2 Å². The van der Waals surface area contributed by atoms with Crippen LogP contribution in [0.5, 0.6) is 5.75 Å². The third-order valence-electron chi connectivity index (χ3n) is 2.84. The maximum Gasteiger partial charge on any atom is 0.260 e. The number of hydrogen-bond donors (Lipinski definition) is 2. The molecule has 0 aromatic heterocycles. The summed E-state index contributed by atoms with van der Waals surface area (Å²) in [5.74, 6) is 0.457. The summed E-state index contributed by atoms with van der Waals surface area (Å²) in [4.78, 5) is 11.8. The molecule has 2 N–H and O–H groups in total. The van der Waals surface area contributed by atoms with Gasteiger partial charge in [0, 0.05) is 6.54 Å². The van der Waals surface area contributed by atoms with Crippen LogP contribution in [-0.4, -0.2) is 29.8 Å². The van der Waals surface area contributed by atoms with Gasteiger partial charge in [0.25, 0.3) is 5.91 Å². The molecule has 0 saturated carbocycles. The largest absolute Gasteiger partial charge is 0.481 e. The molecule has 0 aliphatic rings. The van der Waals surface area contributed by atoms with Crippen LogP contribution in [0.2, 0.25) is 0 Å². The molecule has 19 heavy (non-hydrogen) atoms. The van der Waals surface area contributed by atoms with Gasteiger partial charge in [-0.15, -0.1) is 0 Å². The van der Waals surface area contributed by atoms with Crippen LogP contribution in [-0.2, 0) is 4.79 Å². The van der Waals surface area contributed by atoms with E-state index in [0.29, 0.717) is 12.2 Å². The molecule has 106 valence electrons. The zero-order valence-electron chi connectivity index (χ0n) is 11.8. The van der Waals surface area contributed by atoms with Crippen LogP contribution in [0.4, 0.5) is 0 Å². The van der Waals surface area contributed by atoms with Crippen molar-refractivity contribution < 1.29 is 14.6 Å². The maximum atomic E-state index is 11.8. The summed E-state index contributed by atoms with van der Waals surface area (Å²) in [5.41, 5.74) is 1.15. The number of hydrogen-bond acceptors (Lipinski definition) is 3. The quantitative estimate of drug-likeness (QED) is 0.793. The molecule has 0 saturated heterocycles. The topological polar surface area (TPSA) is 58.6 Å². The third-order valence-corrected chi connectivity index (χ3v) is 2.84. The average Bonchev–Trinajstić information content (AvgIpc) is 2.39. The Balaban J connectivity index is 2.38. The van der Waals surface area contributed by atoms with E-state index in [1.807, 2.05) is 38.1 Å². The Kier molecular flexibility index (Phi) is 6.36. The number of carbonyl (C=O) groups is 1. The third kappa shape index (κ3) is 5.75. The van der Waals surface area contributed by atoms with Gasteiger partial charge in [0.15, 0.2) is 6.10 Å². The van der Waals surface area contributed by atoms with Gasteiger partial charge < -0.3 is 15.2 Å². The Hall–Kier alpha value is -1.55. The number of rotatable bonds is 7. The Labute approximate surface area is 114 Å². The monoisotopic (exact) mass is 265 g/mol. The molecule has 1 rings (SSSR count). The first-order valence-corrected chi connectivity index (χ1v) is 6.72. The summed E-state index contributed by atoms with van der Waals surface area (Å²) in [6.45, 7) is 5.96. The molecule has 1 amide bonds. The highest BCUT2D eigenvalue weighted by Crippen LogP contribution is 2.13. The first-order chi connectivity index (χ1) is 9.02. The second kappa shape index (κ2) is 7.79. The smallest absolute Gasteiger partial charge is 0.260 e. The van der Waals surface area contributed by atoms with Crippen molar-refractivity contribution in [2.24, 2.45) is 0 Å². The summed E-state index contributed by atoms with van der Waals surface area (Å²) in [5, 5.41) is 12.2. The van der Waals surface area contributed by atoms with Crippen molar-refractivity contribution in [3.63, 3.8) is 0 Å². The molecule has 0 heterocycles. The minimum absolute atomic E-state index is 0.212. The molecule has 0 fully saturated rings. The number of amides is 1. The zero-order chi connectivity index (χ0) is 14.3. The highest BCUT2D eigenvalue weighted by molar-refractivity contribution is 5.80. The van der Waals surface area contributed by atoms with Gasteiger partial charge in [0.05, 0.1) is 6.10 Å². The maximum absolute atomic E-state index is 11.8. The van der Waals surface area contributed by atoms with Crippen LogP contribution in [0.25, 0.3) is 0 Å². The molecule has 1 aromatic rings. The lowest BCUT2D eigenvalue weighted by Crippen LogP contribution is -2.40. The van der Waals surface area contributed by atoms with E-state index in [-0.39, 0.29) is 12.5 Å². The lowest BCUT2D eigenvalue weighted by Gasteiger charge is -2.16. The fraction of sp³-hybridized carbons (Fsp3) is 0.533. The summed E-state index contributed by atoms with van der Waals surface area (Å²) in [7, 11) is 0. The first-order valence-electron chi connectivity index (χ1n) is 6.72. The summed E-state index contributed by atoms with van der Waals surface area (Å²) >= 11 is 0. The van der Waals surface area contributed by atoms with E-state index in [2.05, 4.69) is 5.32 Å². The highest BCUT2D eigenvalue weighted by Gasteiger charge is 2.15. The van der Waals surface area contributed by atoms with E-state index in [4.69, 9.17) is 4.74 Å². The molecule has 0 bridgehead atoms. The van der Waals surface area contributed by atoms with E-state index in [1.165, 1.54) is 0 Å². The number of aliphatic hydroxyl groups is 1. The molecule has 2 unspecified atom stereocenters. The number of carbonyl (C=O) groups excluding carboxylic acids is 1. The van der Waals surface area contributed by atoms with Gasteiger partial charge in [-0.2, -0.15) is 0 Å². The number of ether oxygens (including phenoxy) is 1. The normalized spacial score (nSPS) is 13.7. The van der Waals surface area contributed by atoms with Crippen molar-refractivity contribution >= 4 is 5.91 Å². The lowest BCUT2D eigenvalue weighted by atomic mass is 10.2. The number of benzene rings is 1. The van der Waals surface area contributed by atoms with Gasteiger partial charge in [-0.1, -0.05) is 31.0 Å². The van der Waals surface area contributed by atoms with Crippen LogP contribution >= 0.6 is 0 Å². The Morgan fingerprint density at radius 1 is 1.37 bits per heavy atom. The van der Waals surface area contributed by atoms with Crippen molar-refractivity contribution in [1.29, 1.82) is 0 Å². The minimum Gasteiger partial charge on any atom is -0.481 e. The first kappa shape index (κ1) is 15.5. The predicted molar refractivity (Wildman–Crippen MR) is 75.2 cm³/mol. The van der Waals surface area contributed by atoms with E-state index in [0.717, 1.165) is 12.0 Å². The van der Waals surface area contributed by atoms with Crippen LogP contribution in [0.1, 0.15) is 32.3 Å². The second-order valence-corrected chi connectivity index (χ2v) is 4.76. The number of aryl methyl sites for hydroxylation is 1. The molecule has 0 spiro atoms. The van der Waals surface area contributed by atoms with Gasteiger partial charge in [0.1, 0.15) is 5.75 Å². The highest BCUT2D eigenvalue weighted by atomic mass is 16.5. The van der Waals surface area contributed by atoms with Crippen molar-refractivity contribution in [3.8, 4) is 5.75 Å². The van der Waals surface area contributed by atoms with Crippen molar-refractivity contribution in [3.05, 3.63) is 29.8 Å². The number of aliphatic hydroxyl groups excluding tert-OH is 1. The Morgan fingerprint density at radius 3 is 2.58 bits per heavy atom. The van der Waals surface area contributed by atoms with Gasteiger partial charge in [0.2, 0.25) is 0 Å². The average molecular weight is 265 g/mol. The summed E-state index contributed by atoms with van der Waals surface area (Å²) < 4.78 is 5.53. The zero-order valence-corrected chi connectivity index (χ0v) is 11.8. The van der Waals surface area contributed by atoms with Crippen LogP contribution in [0, 0.1) is 6.92 Å². The van der Waals surface area contributed by atoms with Gasteiger partial charge in [-0.05, 0) is 32.4 Å².